The van der Waals surface area contributed by atoms with E-state index in [0.29, 0.717) is 5.56 Å². The fraction of sp³-hybridized carbons (Fsp3) is 0. The minimum Gasteiger partial charge on any atom is -0.456 e. The predicted octanol–water partition coefficient (Wildman–Crippen LogP) is 8.22. The third-order valence-corrected chi connectivity index (χ3v) is 6.65. The topological polar surface area (TPSA) is 41.9 Å². The van der Waals surface area contributed by atoms with Crippen molar-refractivity contribution in [3.8, 4) is 22.9 Å². The minimum absolute atomic E-state index is 0.634. The summed E-state index contributed by atoms with van der Waals surface area (Å²) in [6.07, 6.45) is 0. The normalized spacial score (nSPS) is 11.5. The van der Waals surface area contributed by atoms with Gasteiger partial charge in [-0.2, -0.15) is 5.26 Å². The molecule has 7 aromatic rings. The number of nitrogens with zero attached hydrogens (tertiary/aromatic N) is 2. The Morgan fingerprint density at radius 2 is 1.24 bits per heavy atom. The molecule has 2 aromatic heterocycles. The average molecular weight is 434 g/mol. The molecule has 0 saturated carbocycles. The van der Waals surface area contributed by atoms with Gasteiger partial charge in [0.05, 0.1) is 28.4 Å². The summed E-state index contributed by atoms with van der Waals surface area (Å²) >= 11 is 0. The molecule has 3 nitrogen and oxygen atoms in total. The van der Waals surface area contributed by atoms with Crippen LogP contribution in [0.3, 0.4) is 0 Å². The highest BCUT2D eigenvalue weighted by Gasteiger charge is 2.18. The number of fused-ring (bicyclic) bond motifs is 6. The molecule has 0 amide bonds. The van der Waals surface area contributed by atoms with Gasteiger partial charge in [-0.15, -0.1) is 0 Å². The molecular weight excluding hydrogens is 416 g/mol. The van der Waals surface area contributed by atoms with Gasteiger partial charge in [0.1, 0.15) is 11.2 Å². The summed E-state index contributed by atoms with van der Waals surface area (Å²) < 4.78 is 8.44. The highest BCUT2D eigenvalue weighted by Crippen LogP contribution is 2.39. The number of nitriles is 1. The maximum absolute atomic E-state index is 10.1. The number of hydrogen-bond acceptors (Lipinski definition) is 2. The largest absolute Gasteiger partial charge is 0.456 e. The van der Waals surface area contributed by atoms with Crippen molar-refractivity contribution in [3.05, 3.63) is 115 Å². The fourth-order valence-electron chi connectivity index (χ4n) is 5.19. The molecule has 0 saturated heterocycles. The molecule has 0 fully saturated rings. The number of benzene rings is 5. The molecule has 0 N–H and O–H groups in total. The molecule has 0 aliphatic carbocycles. The smallest absolute Gasteiger partial charge is 0.136 e. The molecule has 5 aromatic carbocycles. The quantitative estimate of drug-likeness (QED) is 0.275. The molecule has 2 heterocycles. The van der Waals surface area contributed by atoms with E-state index in [9.17, 15) is 5.26 Å². The molecule has 34 heavy (non-hydrogen) atoms. The lowest BCUT2D eigenvalue weighted by molar-refractivity contribution is 0.669. The van der Waals surface area contributed by atoms with Gasteiger partial charge in [0.15, 0.2) is 0 Å². The van der Waals surface area contributed by atoms with Crippen molar-refractivity contribution in [2.75, 3.05) is 0 Å². The van der Waals surface area contributed by atoms with Gasteiger partial charge in [-0.05, 0) is 48.0 Å². The molecule has 0 aliphatic heterocycles. The van der Waals surface area contributed by atoms with Crippen molar-refractivity contribution >= 4 is 43.7 Å². The lowest BCUT2D eigenvalue weighted by Crippen LogP contribution is -1.99. The van der Waals surface area contributed by atoms with Crippen LogP contribution in [0.2, 0.25) is 0 Å². The van der Waals surface area contributed by atoms with Crippen LogP contribution in [0.5, 0.6) is 0 Å². The van der Waals surface area contributed by atoms with Crippen LogP contribution in [0.25, 0.3) is 60.6 Å². The first-order valence-corrected chi connectivity index (χ1v) is 11.3. The van der Waals surface area contributed by atoms with E-state index in [0.717, 1.165) is 49.8 Å². The maximum Gasteiger partial charge on any atom is 0.136 e. The van der Waals surface area contributed by atoms with Crippen molar-refractivity contribution in [2.24, 2.45) is 0 Å². The van der Waals surface area contributed by atoms with Crippen LogP contribution in [0, 0.1) is 11.3 Å². The second kappa shape index (κ2) is 7.10. The highest BCUT2D eigenvalue weighted by molar-refractivity contribution is 6.10. The van der Waals surface area contributed by atoms with E-state index < -0.39 is 0 Å². The molecule has 0 atom stereocenters. The molecule has 158 valence electrons. The Morgan fingerprint density at radius 1 is 0.588 bits per heavy atom. The molecule has 7 rings (SSSR count). The Balaban J connectivity index is 1.58. The van der Waals surface area contributed by atoms with Crippen LogP contribution in [-0.4, -0.2) is 4.57 Å². The molecule has 0 unspecified atom stereocenters. The van der Waals surface area contributed by atoms with Gasteiger partial charge in [-0.25, -0.2) is 0 Å². The Morgan fingerprint density at radius 3 is 1.97 bits per heavy atom. The molecule has 0 bridgehead atoms. The van der Waals surface area contributed by atoms with Gasteiger partial charge in [0.2, 0.25) is 0 Å². The van der Waals surface area contributed by atoms with Crippen LogP contribution in [0.1, 0.15) is 5.56 Å². The van der Waals surface area contributed by atoms with E-state index in [-0.39, 0.29) is 0 Å². The fourth-order valence-corrected chi connectivity index (χ4v) is 5.19. The summed E-state index contributed by atoms with van der Waals surface area (Å²) in [7, 11) is 0. The van der Waals surface area contributed by atoms with Crippen molar-refractivity contribution in [1.29, 1.82) is 5.26 Å². The Kier molecular flexibility index (Phi) is 3.91. The third kappa shape index (κ3) is 2.57. The summed E-state index contributed by atoms with van der Waals surface area (Å²) in [6.45, 7) is 0. The zero-order valence-electron chi connectivity index (χ0n) is 18.2. The molecule has 0 spiro atoms. The molecule has 0 radical (unpaired) electrons. The number of hydrogen-bond donors (Lipinski definition) is 0. The Labute approximate surface area is 195 Å². The Bertz CT molecular complexity index is 1880. The minimum atomic E-state index is 0.634. The van der Waals surface area contributed by atoms with E-state index in [1.165, 1.54) is 10.8 Å². The second-order valence-corrected chi connectivity index (χ2v) is 8.49. The SMILES string of the molecule is N#Cc1cccc(-n2c3ccccc3c3ccccc32)c1-c1ccc2c(c1)oc1ccccc12. The first kappa shape index (κ1) is 18.7. The third-order valence-electron chi connectivity index (χ3n) is 6.65. The molecular formula is C31H18N2O. The van der Waals surface area contributed by atoms with Crippen molar-refractivity contribution in [1.82, 2.24) is 4.57 Å². The zero-order chi connectivity index (χ0) is 22.6. The van der Waals surface area contributed by atoms with E-state index in [1.807, 2.05) is 30.3 Å². The van der Waals surface area contributed by atoms with E-state index in [4.69, 9.17) is 4.42 Å². The standard InChI is InChI=1S/C31H18N2O/c32-19-21-8-7-14-28(33-26-12-4-1-9-22(26)23-10-2-5-13-27(23)33)31(21)20-16-17-25-24-11-3-6-15-29(24)34-30(25)18-20/h1-18H. The van der Waals surface area contributed by atoms with Gasteiger partial charge in [0, 0.05) is 27.1 Å². The van der Waals surface area contributed by atoms with Crippen LogP contribution >= 0.6 is 0 Å². The number of para-hydroxylation sites is 3. The number of furan rings is 1. The van der Waals surface area contributed by atoms with Gasteiger partial charge >= 0.3 is 0 Å². The zero-order valence-corrected chi connectivity index (χ0v) is 18.2. The van der Waals surface area contributed by atoms with Crippen molar-refractivity contribution < 1.29 is 4.42 Å². The predicted molar refractivity (Wildman–Crippen MR) is 138 cm³/mol. The van der Waals surface area contributed by atoms with E-state index >= 15 is 0 Å². The first-order chi connectivity index (χ1) is 16.8. The Hall–Kier alpha value is -4.81. The summed E-state index contributed by atoms with van der Waals surface area (Å²) in [5.74, 6) is 0. The second-order valence-electron chi connectivity index (χ2n) is 8.49. The van der Waals surface area contributed by atoms with Gasteiger partial charge < -0.3 is 8.98 Å². The van der Waals surface area contributed by atoms with Crippen LogP contribution < -0.4 is 0 Å². The summed E-state index contributed by atoms with van der Waals surface area (Å²) in [4.78, 5) is 0. The van der Waals surface area contributed by atoms with Crippen molar-refractivity contribution in [2.45, 2.75) is 0 Å². The lowest BCUT2D eigenvalue weighted by atomic mass is 9.97. The summed E-state index contributed by atoms with van der Waals surface area (Å²) in [5.41, 5.74) is 7.39. The summed E-state index contributed by atoms with van der Waals surface area (Å²) in [5, 5.41) is 14.6. The lowest BCUT2D eigenvalue weighted by Gasteiger charge is -2.15. The molecule has 3 heteroatoms. The van der Waals surface area contributed by atoms with Gasteiger partial charge in [-0.3, -0.25) is 0 Å². The average Bonchev–Trinajstić information content (AvgIpc) is 3.43. The number of rotatable bonds is 2. The van der Waals surface area contributed by atoms with Crippen LogP contribution in [0.15, 0.2) is 114 Å². The van der Waals surface area contributed by atoms with E-state index in [1.54, 1.807) is 0 Å². The van der Waals surface area contributed by atoms with Gasteiger partial charge in [-0.1, -0.05) is 66.7 Å². The highest BCUT2D eigenvalue weighted by atomic mass is 16.3. The van der Waals surface area contributed by atoms with Gasteiger partial charge in [0.25, 0.3) is 0 Å². The maximum atomic E-state index is 10.1. The monoisotopic (exact) mass is 434 g/mol. The van der Waals surface area contributed by atoms with Crippen LogP contribution in [0.4, 0.5) is 0 Å². The molecule has 0 aliphatic rings. The summed E-state index contributed by atoms with van der Waals surface area (Å²) in [6, 6.07) is 39.5. The van der Waals surface area contributed by atoms with E-state index in [2.05, 4.69) is 89.5 Å². The first-order valence-electron chi connectivity index (χ1n) is 11.3. The van der Waals surface area contributed by atoms with Crippen molar-refractivity contribution in [3.63, 3.8) is 0 Å². The number of aromatic nitrogens is 1. The van der Waals surface area contributed by atoms with Crippen LogP contribution in [-0.2, 0) is 0 Å².